The third-order valence-corrected chi connectivity index (χ3v) is 2.37. The molecule has 2 aromatic rings. The van der Waals surface area contributed by atoms with Crippen molar-refractivity contribution in [3.8, 4) is 5.88 Å². The van der Waals surface area contributed by atoms with Crippen molar-refractivity contribution in [1.29, 1.82) is 0 Å². The van der Waals surface area contributed by atoms with Gasteiger partial charge in [0.15, 0.2) is 0 Å². The molecule has 0 fully saturated rings. The summed E-state index contributed by atoms with van der Waals surface area (Å²) in [4.78, 5) is 19.9. The first-order chi connectivity index (χ1) is 9.22. The number of nitrogens with zero attached hydrogens (tertiary/aromatic N) is 2. The second-order valence-corrected chi connectivity index (χ2v) is 3.62. The molecule has 7 nitrogen and oxygen atoms in total. The number of carbonyl (C=O) groups is 1. The van der Waals surface area contributed by atoms with Gasteiger partial charge < -0.3 is 15.5 Å². The van der Waals surface area contributed by atoms with Gasteiger partial charge in [0.05, 0.1) is 19.0 Å². The summed E-state index contributed by atoms with van der Waals surface area (Å²) < 4.78 is 4.93. The number of pyridine rings is 2. The Labute approximate surface area is 109 Å². The SMILES string of the molecule is COc1ccc(NC(=O)c2ccnc(NN)c2)cn1. The van der Waals surface area contributed by atoms with Gasteiger partial charge in [-0.1, -0.05) is 0 Å². The van der Waals surface area contributed by atoms with Crippen LogP contribution in [0.2, 0.25) is 0 Å². The van der Waals surface area contributed by atoms with E-state index in [4.69, 9.17) is 10.6 Å². The molecule has 7 heteroatoms. The number of ether oxygens (including phenoxy) is 1. The molecule has 0 unspecified atom stereocenters. The lowest BCUT2D eigenvalue weighted by molar-refractivity contribution is 0.102. The van der Waals surface area contributed by atoms with Crippen LogP contribution >= 0.6 is 0 Å². The average molecular weight is 259 g/mol. The van der Waals surface area contributed by atoms with Crippen LogP contribution in [0.4, 0.5) is 11.5 Å². The second-order valence-electron chi connectivity index (χ2n) is 3.62. The highest BCUT2D eigenvalue weighted by Gasteiger charge is 2.07. The molecule has 0 spiro atoms. The van der Waals surface area contributed by atoms with Crippen molar-refractivity contribution in [3.63, 3.8) is 0 Å². The minimum atomic E-state index is -0.272. The van der Waals surface area contributed by atoms with Crippen LogP contribution in [-0.4, -0.2) is 23.0 Å². The van der Waals surface area contributed by atoms with Crippen LogP contribution in [0.25, 0.3) is 0 Å². The van der Waals surface area contributed by atoms with Crippen LogP contribution in [-0.2, 0) is 0 Å². The number of amides is 1. The predicted octanol–water partition coefficient (Wildman–Crippen LogP) is 1.02. The van der Waals surface area contributed by atoms with Crippen molar-refractivity contribution >= 4 is 17.4 Å². The van der Waals surface area contributed by atoms with Gasteiger partial charge in [-0.3, -0.25) is 4.79 Å². The fourth-order valence-electron chi connectivity index (χ4n) is 1.43. The number of methoxy groups -OCH3 is 1. The maximum Gasteiger partial charge on any atom is 0.255 e. The van der Waals surface area contributed by atoms with E-state index in [1.165, 1.54) is 19.5 Å². The van der Waals surface area contributed by atoms with Gasteiger partial charge in [0.1, 0.15) is 5.82 Å². The van der Waals surface area contributed by atoms with Crippen LogP contribution in [0.5, 0.6) is 5.88 Å². The number of hydrogen-bond acceptors (Lipinski definition) is 6. The highest BCUT2D eigenvalue weighted by molar-refractivity contribution is 6.04. The Bertz CT molecular complexity index is 571. The maximum absolute atomic E-state index is 12.0. The normalized spacial score (nSPS) is 9.79. The summed E-state index contributed by atoms with van der Waals surface area (Å²) >= 11 is 0. The van der Waals surface area contributed by atoms with Crippen molar-refractivity contribution in [2.24, 2.45) is 5.84 Å². The van der Waals surface area contributed by atoms with Crippen molar-refractivity contribution in [2.75, 3.05) is 17.9 Å². The van der Waals surface area contributed by atoms with Crippen LogP contribution in [0.3, 0.4) is 0 Å². The van der Waals surface area contributed by atoms with E-state index >= 15 is 0 Å². The lowest BCUT2D eigenvalue weighted by atomic mass is 10.2. The van der Waals surface area contributed by atoms with Gasteiger partial charge in [0.25, 0.3) is 5.91 Å². The minimum absolute atomic E-state index is 0.272. The van der Waals surface area contributed by atoms with Gasteiger partial charge in [0.2, 0.25) is 5.88 Å². The quantitative estimate of drug-likeness (QED) is 0.559. The van der Waals surface area contributed by atoms with Crippen molar-refractivity contribution in [1.82, 2.24) is 9.97 Å². The number of carbonyl (C=O) groups excluding carboxylic acids is 1. The predicted molar refractivity (Wildman–Crippen MR) is 70.8 cm³/mol. The van der Waals surface area contributed by atoms with E-state index in [0.717, 1.165) is 0 Å². The molecule has 0 aliphatic heterocycles. The highest BCUT2D eigenvalue weighted by atomic mass is 16.5. The van der Waals surface area contributed by atoms with E-state index in [9.17, 15) is 4.79 Å². The lowest BCUT2D eigenvalue weighted by Crippen LogP contribution is -2.14. The number of nitrogens with two attached hydrogens (primary N) is 1. The zero-order valence-corrected chi connectivity index (χ0v) is 10.3. The summed E-state index contributed by atoms with van der Waals surface area (Å²) in [5, 5.41) is 2.71. The molecule has 2 rings (SSSR count). The molecule has 0 aliphatic rings. The second kappa shape index (κ2) is 5.78. The molecule has 2 aromatic heterocycles. The Balaban J connectivity index is 2.11. The maximum atomic E-state index is 12.0. The van der Waals surface area contributed by atoms with E-state index < -0.39 is 0 Å². The van der Waals surface area contributed by atoms with Gasteiger partial charge in [0, 0.05) is 17.8 Å². The number of hydrazine groups is 1. The zero-order chi connectivity index (χ0) is 13.7. The fourth-order valence-corrected chi connectivity index (χ4v) is 1.43. The third-order valence-electron chi connectivity index (χ3n) is 2.37. The summed E-state index contributed by atoms with van der Waals surface area (Å²) in [6.07, 6.45) is 3.01. The lowest BCUT2D eigenvalue weighted by Gasteiger charge is -2.06. The van der Waals surface area contributed by atoms with Crippen molar-refractivity contribution in [3.05, 3.63) is 42.2 Å². The molecule has 4 N–H and O–H groups in total. The van der Waals surface area contributed by atoms with Gasteiger partial charge in [-0.25, -0.2) is 15.8 Å². The molecule has 1 amide bonds. The van der Waals surface area contributed by atoms with E-state index in [2.05, 4.69) is 20.7 Å². The molecule has 0 radical (unpaired) electrons. The van der Waals surface area contributed by atoms with Gasteiger partial charge in [-0.05, 0) is 18.2 Å². The first-order valence-corrected chi connectivity index (χ1v) is 5.47. The van der Waals surface area contributed by atoms with Gasteiger partial charge >= 0.3 is 0 Å². The van der Waals surface area contributed by atoms with E-state index in [-0.39, 0.29) is 5.91 Å². The van der Waals surface area contributed by atoms with E-state index in [0.29, 0.717) is 22.9 Å². The van der Waals surface area contributed by atoms with Crippen molar-refractivity contribution in [2.45, 2.75) is 0 Å². The highest BCUT2D eigenvalue weighted by Crippen LogP contribution is 2.13. The Morgan fingerprint density at radius 3 is 2.79 bits per heavy atom. The monoisotopic (exact) mass is 259 g/mol. The molecule has 0 bridgehead atoms. The van der Waals surface area contributed by atoms with Gasteiger partial charge in [-0.15, -0.1) is 0 Å². The van der Waals surface area contributed by atoms with E-state index in [1.807, 2.05) is 0 Å². The Kier molecular flexibility index (Phi) is 3.89. The first kappa shape index (κ1) is 12.8. The Hall–Kier alpha value is -2.67. The fraction of sp³-hybridized carbons (Fsp3) is 0.0833. The molecule has 0 aromatic carbocycles. The molecule has 98 valence electrons. The number of nitrogen functional groups attached to an aromatic ring is 1. The summed E-state index contributed by atoms with van der Waals surface area (Å²) in [7, 11) is 1.53. The van der Waals surface area contributed by atoms with Gasteiger partial charge in [-0.2, -0.15) is 0 Å². The Morgan fingerprint density at radius 1 is 1.32 bits per heavy atom. The molecular formula is C12H13N5O2. The topological polar surface area (TPSA) is 102 Å². The third kappa shape index (κ3) is 3.17. The number of hydrogen-bond donors (Lipinski definition) is 3. The summed E-state index contributed by atoms with van der Waals surface area (Å²) in [5.74, 6) is 5.86. The molecule has 0 saturated heterocycles. The number of aromatic nitrogens is 2. The minimum Gasteiger partial charge on any atom is -0.481 e. The smallest absolute Gasteiger partial charge is 0.255 e. The number of nitrogens with one attached hydrogen (secondary N) is 2. The summed E-state index contributed by atoms with van der Waals surface area (Å²) in [6, 6.07) is 6.50. The van der Waals surface area contributed by atoms with Crippen LogP contribution < -0.4 is 21.3 Å². The van der Waals surface area contributed by atoms with Crippen LogP contribution in [0.1, 0.15) is 10.4 Å². The molecule has 0 aliphatic carbocycles. The molecular weight excluding hydrogens is 246 g/mol. The largest absolute Gasteiger partial charge is 0.481 e. The number of anilines is 2. The van der Waals surface area contributed by atoms with E-state index in [1.54, 1.807) is 24.3 Å². The summed E-state index contributed by atoms with van der Waals surface area (Å²) in [6.45, 7) is 0. The van der Waals surface area contributed by atoms with Crippen LogP contribution in [0.15, 0.2) is 36.7 Å². The molecule has 19 heavy (non-hydrogen) atoms. The van der Waals surface area contributed by atoms with Crippen molar-refractivity contribution < 1.29 is 9.53 Å². The molecule has 0 saturated carbocycles. The summed E-state index contributed by atoms with van der Waals surface area (Å²) in [5.41, 5.74) is 3.40. The standard InChI is InChI=1S/C12H13N5O2/c1-19-11-3-2-9(7-15-11)16-12(18)8-4-5-14-10(6-8)17-13/h2-7H,13H2,1H3,(H,14,17)(H,16,18). The molecule has 0 atom stereocenters. The average Bonchev–Trinajstić information content (AvgIpc) is 2.48. The zero-order valence-electron chi connectivity index (χ0n) is 10.3. The molecule has 2 heterocycles. The first-order valence-electron chi connectivity index (χ1n) is 5.47. The Morgan fingerprint density at radius 2 is 2.16 bits per heavy atom. The number of rotatable bonds is 4. The van der Waals surface area contributed by atoms with Crippen LogP contribution in [0, 0.1) is 0 Å².